The monoisotopic (exact) mass is 430 g/mol. The zero-order valence-corrected chi connectivity index (χ0v) is 18.6. The summed E-state index contributed by atoms with van der Waals surface area (Å²) in [5.41, 5.74) is 5.42. The molecular weight excluding hydrogens is 408 g/mol. The molecule has 156 valence electrons. The van der Waals surface area contributed by atoms with Gasteiger partial charge in [-0.05, 0) is 93.0 Å². The fraction of sp³-hybridized carbons (Fsp3) is 0.167. The molecule has 0 atom stereocenters. The molecule has 2 amide bonds. The van der Waals surface area contributed by atoms with Crippen LogP contribution in [0.3, 0.4) is 0 Å². The molecule has 0 saturated carbocycles. The van der Waals surface area contributed by atoms with Crippen LogP contribution in [0.4, 0.5) is 5.69 Å². The van der Waals surface area contributed by atoms with E-state index < -0.39 is 11.8 Å². The van der Waals surface area contributed by atoms with Crippen LogP contribution < -0.4 is 10.2 Å². The van der Waals surface area contributed by atoms with E-state index >= 15 is 0 Å². The van der Waals surface area contributed by atoms with E-state index in [2.05, 4.69) is 10.3 Å². The molecule has 1 saturated heterocycles. The summed E-state index contributed by atoms with van der Waals surface area (Å²) in [6.45, 7) is 7.87. The van der Waals surface area contributed by atoms with Gasteiger partial charge in [-0.1, -0.05) is 12.1 Å². The van der Waals surface area contributed by atoms with Gasteiger partial charge in [0.05, 0.1) is 5.69 Å². The number of hydrogen-bond acceptors (Lipinski definition) is 4. The predicted molar refractivity (Wildman–Crippen MR) is 125 cm³/mol. The standard InChI is InChI=1S/C24H22N4O2S/c1-14-8-9-19(11-15(14)2)28-23(30)20(22(29)26-24(28)31)13-18-12-16(3)27(17(18)4)21-7-5-6-10-25-21/h5-13H,1-4H3,(H,26,29,31)/b20-13+. The summed E-state index contributed by atoms with van der Waals surface area (Å²) >= 11 is 5.31. The van der Waals surface area contributed by atoms with Gasteiger partial charge in [-0.25, -0.2) is 4.98 Å². The van der Waals surface area contributed by atoms with E-state index in [4.69, 9.17) is 12.2 Å². The highest BCUT2D eigenvalue weighted by Gasteiger charge is 2.34. The number of benzene rings is 1. The lowest BCUT2D eigenvalue weighted by Crippen LogP contribution is -2.54. The third kappa shape index (κ3) is 3.68. The molecule has 1 fully saturated rings. The van der Waals surface area contributed by atoms with Crippen LogP contribution in [0.2, 0.25) is 0 Å². The van der Waals surface area contributed by atoms with Crippen molar-refractivity contribution in [3.05, 3.63) is 82.3 Å². The topological polar surface area (TPSA) is 67.2 Å². The van der Waals surface area contributed by atoms with Crippen LogP contribution in [0.15, 0.2) is 54.2 Å². The maximum atomic E-state index is 13.3. The van der Waals surface area contributed by atoms with Gasteiger partial charge >= 0.3 is 0 Å². The van der Waals surface area contributed by atoms with Gasteiger partial charge in [0.25, 0.3) is 11.8 Å². The molecule has 1 aliphatic heterocycles. The molecular formula is C24H22N4O2S. The first-order chi connectivity index (χ1) is 14.8. The molecule has 31 heavy (non-hydrogen) atoms. The maximum Gasteiger partial charge on any atom is 0.270 e. The number of pyridine rings is 1. The quantitative estimate of drug-likeness (QED) is 0.388. The fourth-order valence-electron chi connectivity index (χ4n) is 3.68. The molecule has 1 N–H and O–H groups in total. The number of anilines is 1. The Kier molecular flexibility index (Phi) is 5.29. The lowest BCUT2D eigenvalue weighted by molar-refractivity contribution is -0.122. The van der Waals surface area contributed by atoms with Gasteiger partial charge in [0.1, 0.15) is 11.4 Å². The average Bonchev–Trinajstić information content (AvgIpc) is 3.01. The summed E-state index contributed by atoms with van der Waals surface area (Å²) in [5.74, 6) is -0.170. The third-order valence-corrected chi connectivity index (χ3v) is 5.78. The van der Waals surface area contributed by atoms with Crippen molar-refractivity contribution in [2.45, 2.75) is 27.7 Å². The van der Waals surface area contributed by atoms with E-state index in [1.807, 2.05) is 74.7 Å². The van der Waals surface area contributed by atoms with E-state index in [1.54, 1.807) is 12.3 Å². The molecule has 7 heteroatoms. The number of thiocarbonyl (C=S) groups is 1. The molecule has 0 radical (unpaired) electrons. The SMILES string of the molecule is Cc1ccc(N2C(=O)/C(=C/c3cc(C)n(-c4ccccn4)c3C)C(=O)NC2=S)cc1C. The molecule has 1 aromatic carbocycles. The average molecular weight is 431 g/mol. The van der Waals surface area contributed by atoms with E-state index in [0.29, 0.717) is 5.69 Å². The smallest absolute Gasteiger partial charge is 0.270 e. The number of carbonyl (C=O) groups excluding carboxylic acids is 2. The van der Waals surface area contributed by atoms with E-state index in [9.17, 15) is 9.59 Å². The van der Waals surface area contributed by atoms with Gasteiger partial charge in [0, 0.05) is 17.6 Å². The number of aryl methyl sites for hydroxylation is 3. The van der Waals surface area contributed by atoms with Gasteiger partial charge < -0.3 is 4.57 Å². The molecule has 6 nitrogen and oxygen atoms in total. The fourth-order valence-corrected chi connectivity index (χ4v) is 3.97. The lowest BCUT2D eigenvalue weighted by atomic mass is 10.1. The Labute approximate surface area is 186 Å². The normalized spacial score (nSPS) is 15.5. The first-order valence-electron chi connectivity index (χ1n) is 9.87. The van der Waals surface area contributed by atoms with Crippen LogP contribution in [-0.4, -0.2) is 26.5 Å². The Hall–Kier alpha value is -3.58. The predicted octanol–water partition coefficient (Wildman–Crippen LogP) is 3.94. The highest BCUT2D eigenvalue weighted by molar-refractivity contribution is 7.80. The van der Waals surface area contributed by atoms with Crippen LogP contribution in [0.25, 0.3) is 11.9 Å². The summed E-state index contributed by atoms with van der Waals surface area (Å²) in [5, 5.41) is 2.72. The van der Waals surface area contributed by atoms with Crippen molar-refractivity contribution in [3.63, 3.8) is 0 Å². The second-order valence-corrected chi connectivity index (χ2v) is 7.96. The van der Waals surface area contributed by atoms with Crippen LogP contribution in [-0.2, 0) is 9.59 Å². The number of rotatable bonds is 3. The van der Waals surface area contributed by atoms with Crippen molar-refractivity contribution in [2.24, 2.45) is 0 Å². The number of carbonyl (C=O) groups is 2. The molecule has 3 aromatic rings. The van der Waals surface area contributed by atoms with Crippen LogP contribution in [0.5, 0.6) is 0 Å². The second kappa shape index (κ2) is 7.92. The Bertz CT molecular complexity index is 1260. The first-order valence-corrected chi connectivity index (χ1v) is 10.3. The van der Waals surface area contributed by atoms with Gasteiger partial charge in [-0.2, -0.15) is 0 Å². The summed E-state index contributed by atoms with van der Waals surface area (Å²) in [6, 6.07) is 13.3. The largest absolute Gasteiger partial charge is 0.303 e. The van der Waals surface area contributed by atoms with Gasteiger partial charge in [-0.15, -0.1) is 0 Å². The number of amides is 2. The van der Waals surface area contributed by atoms with Crippen molar-refractivity contribution in [1.29, 1.82) is 0 Å². The van der Waals surface area contributed by atoms with Gasteiger partial charge in [0.15, 0.2) is 5.11 Å². The van der Waals surface area contributed by atoms with E-state index in [0.717, 1.165) is 33.9 Å². The van der Waals surface area contributed by atoms with Crippen LogP contribution in [0, 0.1) is 27.7 Å². The number of nitrogens with one attached hydrogen (secondary N) is 1. The molecule has 4 rings (SSSR count). The Morgan fingerprint density at radius 1 is 1.00 bits per heavy atom. The van der Waals surface area contributed by atoms with Crippen molar-refractivity contribution in [1.82, 2.24) is 14.9 Å². The van der Waals surface area contributed by atoms with Gasteiger partial charge in [0.2, 0.25) is 0 Å². The number of nitrogens with zero attached hydrogens (tertiary/aromatic N) is 3. The van der Waals surface area contributed by atoms with Crippen molar-refractivity contribution < 1.29 is 9.59 Å². The summed E-state index contributed by atoms with van der Waals surface area (Å²) in [6.07, 6.45) is 3.35. The first kappa shape index (κ1) is 20.7. The molecule has 0 aliphatic carbocycles. The molecule has 2 aromatic heterocycles. The summed E-state index contributed by atoms with van der Waals surface area (Å²) < 4.78 is 1.99. The zero-order valence-electron chi connectivity index (χ0n) is 17.8. The second-order valence-electron chi connectivity index (χ2n) is 7.58. The van der Waals surface area contributed by atoms with Gasteiger partial charge in [-0.3, -0.25) is 19.8 Å². The molecule has 0 unspecified atom stereocenters. The minimum atomic E-state index is -0.502. The Balaban J connectivity index is 1.77. The van der Waals surface area contributed by atoms with E-state index in [1.165, 1.54) is 4.90 Å². The Morgan fingerprint density at radius 2 is 1.77 bits per heavy atom. The highest BCUT2D eigenvalue weighted by Crippen LogP contribution is 2.26. The zero-order chi connectivity index (χ0) is 22.3. The van der Waals surface area contributed by atoms with Crippen molar-refractivity contribution >= 4 is 40.9 Å². The minimum Gasteiger partial charge on any atom is -0.303 e. The maximum absolute atomic E-state index is 13.3. The molecule has 0 bridgehead atoms. The summed E-state index contributed by atoms with van der Waals surface area (Å²) in [7, 11) is 0. The van der Waals surface area contributed by atoms with E-state index in [-0.39, 0.29) is 10.7 Å². The summed E-state index contributed by atoms with van der Waals surface area (Å²) in [4.78, 5) is 31.7. The minimum absolute atomic E-state index is 0.0353. The van der Waals surface area contributed by atoms with Crippen molar-refractivity contribution in [2.75, 3.05) is 4.90 Å². The van der Waals surface area contributed by atoms with Crippen molar-refractivity contribution in [3.8, 4) is 5.82 Å². The molecule has 3 heterocycles. The molecule has 0 spiro atoms. The highest BCUT2D eigenvalue weighted by atomic mass is 32.1. The Morgan fingerprint density at radius 3 is 2.45 bits per heavy atom. The number of aromatic nitrogens is 2. The lowest BCUT2D eigenvalue weighted by Gasteiger charge is -2.29. The molecule has 1 aliphatic rings. The van der Waals surface area contributed by atoms with Crippen LogP contribution in [0.1, 0.15) is 28.1 Å². The number of hydrogen-bond donors (Lipinski definition) is 1. The third-order valence-electron chi connectivity index (χ3n) is 5.50. The van der Waals surface area contributed by atoms with Crippen LogP contribution >= 0.6 is 12.2 Å².